The van der Waals surface area contributed by atoms with E-state index in [1.165, 1.54) is 6.07 Å². The summed E-state index contributed by atoms with van der Waals surface area (Å²) in [5.41, 5.74) is 2.68. The Morgan fingerprint density at radius 3 is 2.76 bits per heavy atom. The summed E-state index contributed by atoms with van der Waals surface area (Å²) in [5.74, 6) is 0.572. The third kappa shape index (κ3) is 3.35. The molecule has 0 fully saturated rings. The number of benzene rings is 2. The first-order chi connectivity index (χ1) is 12.0. The lowest BCUT2D eigenvalue weighted by Crippen LogP contribution is -2.20. The normalized spacial score (nSPS) is 10.8. The molecule has 2 aromatic carbocycles. The quantitative estimate of drug-likeness (QED) is 0.570. The Bertz CT molecular complexity index is 962. The van der Waals surface area contributed by atoms with Gasteiger partial charge in [-0.3, -0.25) is 14.9 Å². The minimum Gasteiger partial charge on any atom is -0.324 e. The summed E-state index contributed by atoms with van der Waals surface area (Å²) in [6.07, 6.45) is 0.706. The first kappa shape index (κ1) is 16.6. The van der Waals surface area contributed by atoms with Crippen molar-refractivity contribution in [3.8, 4) is 0 Å². The van der Waals surface area contributed by atoms with Crippen molar-refractivity contribution >= 4 is 28.3 Å². The number of aromatic nitrogens is 2. The van der Waals surface area contributed by atoms with Crippen LogP contribution in [0.15, 0.2) is 42.5 Å². The molecule has 7 nitrogen and oxygen atoms in total. The maximum absolute atomic E-state index is 12.4. The lowest BCUT2D eigenvalue weighted by Gasteiger charge is -2.09. The molecule has 0 saturated heterocycles. The first-order valence-corrected chi connectivity index (χ1v) is 7.98. The fraction of sp³-hybridized carbons (Fsp3) is 0.222. The highest BCUT2D eigenvalue weighted by molar-refractivity contribution is 5.92. The van der Waals surface area contributed by atoms with Crippen molar-refractivity contribution in [2.75, 3.05) is 5.32 Å². The molecule has 0 saturated carbocycles. The van der Waals surface area contributed by atoms with Gasteiger partial charge in [-0.1, -0.05) is 25.1 Å². The van der Waals surface area contributed by atoms with Gasteiger partial charge in [-0.2, -0.15) is 0 Å². The van der Waals surface area contributed by atoms with Gasteiger partial charge < -0.3 is 9.88 Å². The summed E-state index contributed by atoms with van der Waals surface area (Å²) < 4.78 is 1.87. The maximum atomic E-state index is 12.4. The molecule has 7 heteroatoms. The monoisotopic (exact) mass is 338 g/mol. The predicted octanol–water partition coefficient (Wildman–Crippen LogP) is 3.45. The van der Waals surface area contributed by atoms with Gasteiger partial charge in [0, 0.05) is 23.7 Å². The highest BCUT2D eigenvalue weighted by Crippen LogP contribution is 2.22. The molecule has 0 spiro atoms. The fourth-order valence-electron chi connectivity index (χ4n) is 2.80. The fourth-order valence-corrected chi connectivity index (χ4v) is 2.80. The molecule has 0 radical (unpaired) electrons. The van der Waals surface area contributed by atoms with Gasteiger partial charge in [0.05, 0.1) is 16.0 Å². The van der Waals surface area contributed by atoms with E-state index in [-0.39, 0.29) is 18.1 Å². The number of carbonyl (C=O) groups excluding carboxylic acids is 1. The summed E-state index contributed by atoms with van der Waals surface area (Å²) in [5, 5.41) is 13.8. The zero-order valence-electron chi connectivity index (χ0n) is 14.0. The number of amides is 1. The Balaban J connectivity index is 1.84. The van der Waals surface area contributed by atoms with E-state index in [9.17, 15) is 14.9 Å². The molecule has 0 unspecified atom stereocenters. The highest BCUT2D eigenvalue weighted by Gasteiger charge is 2.15. The molecule has 0 aliphatic heterocycles. The van der Waals surface area contributed by atoms with Crippen molar-refractivity contribution in [2.45, 2.75) is 26.8 Å². The summed E-state index contributed by atoms with van der Waals surface area (Å²) in [4.78, 5) is 27.5. The standard InChI is InChI=1S/C18H18N4O3/c1-3-17-20-14-6-4-5-7-15(14)21(17)11-18(23)19-13-9-8-12(2)16(10-13)22(24)25/h4-10H,3,11H2,1-2H3,(H,19,23). The number of imidazole rings is 1. The minimum atomic E-state index is -0.455. The number of aryl methyl sites for hydroxylation is 2. The van der Waals surface area contributed by atoms with Crippen LogP contribution in [0.1, 0.15) is 18.3 Å². The number of carbonyl (C=O) groups is 1. The molecule has 1 heterocycles. The molecule has 0 aliphatic rings. The zero-order valence-corrected chi connectivity index (χ0v) is 14.0. The van der Waals surface area contributed by atoms with E-state index < -0.39 is 4.92 Å². The van der Waals surface area contributed by atoms with E-state index in [2.05, 4.69) is 10.3 Å². The molecular formula is C18H18N4O3. The Hall–Kier alpha value is -3.22. The second-order valence-corrected chi connectivity index (χ2v) is 5.76. The van der Waals surface area contributed by atoms with Crippen LogP contribution in [-0.2, 0) is 17.8 Å². The van der Waals surface area contributed by atoms with Crippen LogP contribution in [0.2, 0.25) is 0 Å². The van der Waals surface area contributed by atoms with Crippen molar-refractivity contribution in [3.63, 3.8) is 0 Å². The SMILES string of the molecule is CCc1nc2ccccc2n1CC(=O)Nc1ccc(C)c([N+](=O)[O-])c1. The molecule has 1 amide bonds. The Morgan fingerprint density at radius 2 is 2.04 bits per heavy atom. The number of nitro groups is 1. The molecule has 25 heavy (non-hydrogen) atoms. The Kier molecular flexibility index (Phi) is 4.47. The lowest BCUT2D eigenvalue weighted by atomic mass is 10.2. The number of nitrogens with one attached hydrogen (secondary N) is 1. The van der Waals surface area contributed by atoms with Crippen LogP contribution in [0, 0.1) is 17.0 Å². The summed E-state index contributed by atoms with van der Waals surface area (Å²) in [6, 6.07) is 12.3. The molecule has 1 aromatic heterocycles. The first-order valence-electron chi connectivity index (χ1n) is 7.98. The number of hydrogen-bond donors (Lipinski definition) is 1. The number of rotatable bonds is 5. The van der Waals surface area contributed by atoms with Gasteiger partial charge in [0.1, 0.15) is 12.4 Å². The van der Waals surface area contributed by atoms with Gasteiger partial charge in [0.2, 0.25) is 5.91 Å². The predicted molar refractivity (Wildman–Crippen MR) is 95.6 cm³/mol. The Morgan fingerprint density at radius 1 is 1.28 bits per heavy atom. The number of hydrogen-bond acceptors (Lipinski definition) is 4. The second-order valence-electron chi connectivity index (χ2n) is 5.76. The van der Waals surface area contributed by atoms with Gasteiger partial charge in [0.25, 0.3) is 5.69 Å². The van der Waals surface area contributed by atoms with Crippen molar-refractivity contribution in [3.05, 3.63) is 64.0 Å². The Labute approximate surface area is 144 Å². The highest BCUT2D eigenvalue weighted by atomic mass is 16.6. The van der Waals surface area contributed by atoms with Gasteiger partial charge >= 0.3 is 0 Å². The van der Waals surface area contributed by atoms with Gasteiger partial charge in [-0.05, 0) is 25.1 Å². The molecule has 3 aromatic rings. The summed E-state index contributed by atoms with van der Waals surface area (Å²) >= 11 is 0. The molecule has 0 atom stereocenters. The largest absolute Gasteiger partial charge is 0.324 e. The zero-order chi connectivity index (χ0) is 18.0. The van der Waals surface area contributed by atoms with Crippen molar-refractivity contribution in [1.29, 1.82) is 0 Å². The average Bonchev–Trinajstić information content (AvgIpc) is 2.94. The smallest absolute Gasteiger partial charge is 0.274 e. The van der Waals surface area contributed by atoms with Crippen LogP contribution in [-0.4, -0.2) is 20.4 Å². The molecule has 128 valence electrons. The average molecular weight is 338 g/mol. The summed E-state index contributed by atoms with van der Waals surface area (Å²) in [7, 11) is 0. The van der Waals surface area contributed by atoms with Crippen molar-refractivity contribution < 1.29 is 9.72 Å². The maximum Gasteiger partial charge on any atom is 0.274 e. The van der Waals surface area contributed by atoms with Crippen molar-refractivity contribution in [1.82, 2.24) is 9.55 Å². The van der Waals surface area contributed by atoms with E-state index in [4.69, 9.17) is 0 Å². The molecule has 0 aliphatic carbocycles. The number of para-hydroxylation sites is 2. The van der Waals surface area contributed by atoms with Crippen LogP contribution >= 0.6 is 0 Å². The van der Waals surface area contributed by atoms with Gasteiger partial charge in [-0.15, -0.1) is 0 Å². The van der Waals surface area contributed by atoms with Crippen LogP contribution in [0.4, 0.5) is 11.4 Å². The third-order valence-electron chi connectivity index (χ3n) is 4.04. The topological polar surface area (TPSA) is 90.1 Å². The minimum absolute atomic E-state index is 0.0138. The summed E-state index contributed by atoms with van der Waals surface area (Å²) in [6.45, 7) is 3.75. The number of nitrogens with zero attached hydrogens (tertiary/aromatic N) is 3. The second kappa shape index (κ2) is 6.72. The number of anilines is 1. The molecule has 3 rings (SSSR count). The van der Waals surface area contributed by atoms with Gasteiger partial charge in [0.15, 0.2) is 0 Å². The van der Waals surface area contributed by atoms with E-state index >= 15 is 0 Å². The number of fused-ring (bicyclic) bond motifs is 1. The van der Waals surface area contributed by atoms with Crippen LogP contribution in [0.5, 0.6) is 0 Å². The van der Waals surface area contributed by atoms with Crippen LogP contribution < -0.4 is 5.32 Å². The lowest BCUT2D eigenvalue weighted by molar-refractivity contribution is -0.385. The van der Waals surface area contributed by atoms with Crippen molar-refractivity contribution in [2.24, 2.45) is 0 Å². The van der Waals surface area contributed by atoms with E-state index in [1.807, 2.05) is 35.8 Å². The van der Waals surface area contributed by atoms with E-state index in [1.54, 1.807) is 19.1 Å². The van der Waals surface area contributed by atoms with Gasteiger partial charge in [-0.25, -0.2) is 4.98 Å². The molecule has 0 bridgehead atoms. The van der Waals surface area contributed by atoms with E-state index in [0.717, 1.165) is 16.9 Å². The van der Waals surface area contributed by atoms with Crippen LogP contribution in [0.25, 0.3) is 11.0 Å². The third-order valence-corrected chi connectivity index (χ3v) is 4.04. The molecular weight excluding hydrogens is 320 g/mol. The van der Waals surface area contributed by atoms with E-state index in [0.29, 0.717) is 17.7 Å². The number of nitro benzene ring substituents is 1. The van der Waals surface area contributed by atoms with Crippen LogP contribution in [0.3, 0.4) is 0 Å². The molecule has 1 N–H and O–H groups in total.